The van der Waals surface area contributed by atoms with Gasteiger partial charge in [-0.2, -0.15) is 0 Å². The highest BCUT2D eigenvalue weighted by molar-refractivity contribution is 9.10. The Morgan fingerprint density at radius 2 is 2.17 bits per heavy atom. The first kappa shape index (κ1) is 15.1. The number of carbonyl (C=O) groups is 1. The summed E-state index contributed by atoms with van der Waals surface area (Å²) in [5, 5.41) is 0. The summed E-state index contributed by atoms with van der Waals surface area (Å²) in [5.74, 6) is -0.0330. The molecule has 1 atom stereocenters. The van der Waals surface area contributed by atoms with E-state index in [1.807, 2.05) is 32.0 Å². The number of rotatable bonds is 4. The molecule has 0 spiro atoms. The Kier molecular flexibility index (Phi) is 5.28. The van der Waals surface area contributed by atoms with Gasteiger partial charge in [-0.25, -0.2) is 0 Å². The van der Waals surface area contributed by atoms with Crippen molar-refractivity contribution in [2.45, 2.75) is 26.3 Å². The van der Waals surface area contributed by atoms with Crippen LogP contribution in [0.1, 0.15) is 29.3 Å². The highest BCUT2D eigenvalue weighted by Crippen LogP contribution is 2.20. The summed E-state index contributed by atoms with van der Waals surface area (Å²) in [4.78, 5) is 14.4. The van der Waals surface area contributed by atoms with E-state index >= 15 is 0 Å². The molecule has 2 N–H and O–H groups in total. The second-order valence-corrected chi connectivity index (χ2v) is 5.80. The van der Waals surface area contributed by atoms with Gasteiger partial charge in [-0.05, 0) is 41.9 Å². The standard InChI is InChI=1S/C13H17BrN2OS/c1-8-4-5-11(14)10(6-8)13(17)16(3)9(2)7-12(15)18/h4-6,9H,7H2,1-3H3,(H2,15,18). The predicted octanol–water partition coefficient (Wildman–Crippen LogP) is 2.89. The number of halogens is 1. The molecule has 98 valence electrons. The second kappa shape index (κ2) is 6.29. The van der Waals surface area contributed by atoms with Crippen LogP contribution >= 0.6 is 28.1 Å². The fraction of sp³-hybridized carbons (Fsp3) is 0.385. The maximum Gasteiger partial charge on any atom is 0.255 e. The molecule has 0 radical (unpaired) electrons. The normalized spacial score (nSPS) is 12.0. The first-order chi connectivity index (χ1) is 8.32. The van der Waals surface area contributed by atoms with Gasteiger partial charge in [0.15, 0.2) is 0 Å². The van der Waals surface area contributed by atoms with Crippen LogP contribution in [0.4, 0.5) is 0 Å². The molecule has 0 aliphatic carbocycles. The van der Waals surface area contributed by atoms with Crippen LogP contribution in [0, 0.1) is 6.92 Å². The lowest BCUT2D eigenvalue weighted by molar-refractivity contribution is 0.0747. The molecular formula is C13H17BrN2OS. The molecule has 0 saturated carbocycles. The van der Waals surface area contributed by atoms with E-state index in [-0.39, 0.29) is 11.9 Å². The van der Waals surface area contributed by atoms with Gasteiger partial charge in [0, 0.05) is 24.0 Å². The van der Waals surface area contributed by atoms with Crippen LogP contribution in [0.15, 0.2) is 22.7 Å². The Hall–Kier alpha value is -0.940. The lowest BCUT2D eigenvalue weighted by atomic mass is 10.1. The van der Waals surface area contributed by atoms with E-state index in [1.165, 1.54) is 0 Å². The molecule has 3 nitrogen and oxygen atoms in total. The number of nitrogens with zero attached hydrogens (tertiary/aromatic N) is 1. The number of aryl methyl sites for hydroxylation is 1. The van der Waals surface area contributed by atoms with Gasteiger partial charge in [-0.1, -0.05) is 23.8 Å². The lowest BCUT2D eigenvalue weighted by Gasteiger charge is -2.25. The average molecular weight is 329 g/mol. The Balaban J connectivity index is 2.92. The molecular weight excluding hydrogens is 312 g/mol. The molecule has 1 unspecified atom stereocenters. The zero-order chi connectivity index (χ0) is 13.9. The number of thiocarbonyl (C=S) groups is 1. The van der Waals surface area contributed by atoms with Crippen LogP contribution < -0.4 is 5.73 Å². The predicted molar refractivity (Wildman–Crippen MR) is 81.8 cm³/mol. The monoisotopic (exact) mass is 328 g/mol. The van der Waals surface area contributed by atoms with Crippen LogP contribution in [0.25, 0.3) is 0 Å². The van der Waals surface area contributed by atoms with Crippen molar-refractivity contribution in [1.82, 2.24) is 4.90 Å². The molecule has 5 heteroatoms. The molecule has 0 aliphatic heterocycles. The second-order valence-electron chi connectivity index (χ2n) is 4.42. The van der Waals surface area contributed by atoms with Crippen molar-refractivity contribution in [3.05, 3.63) is 33.8 Å². The van der Waals surface area contributed by atoms with Gasteiger partial charge in [-0.15, -0.1) is 0 Å². The van der Waals surface area contributed by atoms with Gasteiger partial charge in [0.05, 0.1) is 10.6 Å². The number of benzene rings is 1. The van der Waals surface area contributed by atoms with E-state index in [4.69, 9.17) is 18.0 Å². The van der Waals surface area contributed by atoms with Crippen molar-refractivity contribution < 1.29 is 4.79 Å². The number of hydrogen-bond donors (Lipinski definition) is 1. The maximum absolute atomic E-state index is 12.4. The van der Waals surface area contributed by atoms with E-state index < -0.39 is 0 Å². The van der Waals surface area contributed by atoms with Gasteiger partial charge in [0.2, 0.25) is 0 Å². The summed E-state index contributed by atoms with van der Waals surface area (Å²) in [5.41, 5.74) is 7.22. The van der Waals surface area contributed by atoms with E-state index in [2.05, 4.69) is 15.9 Å². The average Bonchev–Trinajstić information content (AvgIpc) is 2.29. The fourth-order valence-corrected chi connectivity index (χ4v) is 2.28. The largest absolute Gasteiger partial charge is 0.393 e. The smallest absolute Gasteiger partial charge is 0.255 e. The van der Waals surface area contributed by atoms with Crippen molar-refractivity contribution in [3.63, 3.8) is 0 Å². The summed E-state index contributed by atoms with van der Waals surface area (Å²) in [6, 6.07) is 5.70. The summed E-state index contributed by atoms with van der Waals surface area (Å²) >= 11 is 8.27. The summed E-state index contributed by atoms with van der Waals surface area (Å²) < 4.78 is 0.799. The van der Waals surface area contributed by atoms with E-state index in [1.54, 1.807) is 11.9 Å². The highest BCUT2D eigenvalue weighted by atomic mass is 79.9. The molecule has 0 fully saturated rings. The van der Waals surface area contributed by atoms with Gasteiger partial charge >= 0.3 is 0 Å². The van der Waals surface area contributed by atoms with Crippen LogP contribution in [-0.2, 0) is 0 Å². The molecule has 1 rings (SSSR count). The number of nitrogens with two attached hydrogens (primary N) is 1. The molecule has 0 bridgehead atoms. The van der Waals surface area contributed by atoms with Crippen molar-refractivity contribution in [1.29, 1.82) is 0 Å². The summed E-state index contributed by atoms with van der Waals surface area (Å²) in [6.45, 7) is 3.89. The summed E-state index contributed by atoms with van der Waals surface area (Å²) in [7, 11) is 1.76. The minimum Gasteiger partial charge on any atom is -0.393 e. The minimum absolute atomic E-state index is 0.0117. The molecule has 1 aromatic carbocycles. The Bertz CT molecular complexity index is 476. The molecule has 0 aromatic heterocycles. The third kappa shape index (κ3) is 3.78. The molecule has 1 aromatic rings. The number of carbonyl (C=O) groups excluding carboxylic acids is 1. The zero-order valence-electron chi connectivity index (χ0n) is 10.7. The summed E-state index contributed by atoms with van der Waals surface area (Å²) in [6.07, 6.45) is 0.529. The Morgan fingerprint density at radius 3 is 2.72 bits per heavy atom. The topological polar surface area (TPSA) is 46.3 Å². The van der Waals surface area contributed by atoms with Crippen LogP contribution in [0.5, 0.6) is 0 Å². The van der Waals surface area contributed by atoms with E-state index in [9.17, 15) is 4.79 Å². The Morgan fingerprint density at radius 1 is 1.56 bits per heavy atom. The van der Waals surface area contributed by atoms with Crippen LogP contribution in [0.2, 0.25) is 0 Å². The van der Waals surface area contributed by atoms with Crippen molar-refractivity contribution in [2.24, 2.45) is 5.73 Å². The van der Waals surface area contributed by atoms with Gasteiger partial charge in [0.1, 0.15) is 0 Å². The highest BCUT2D eigenvalue weighted by Gasteiger charge is 2.20. The van der Waals surface area contributed by atoms with E-state index in [0.717, 1.165) is 10.0 Å². The maximum atomic E-state index is 12.4. The zero-order valence-corrected chi connectivity index (χ0v) is 13.1. The molecule has 1 amide bonds. The van der Waals surface area contributed by atoms with Gasteiger partial charge in [-0.3, -0.25) is 4.79 Å². The number of hydrogen-bond acceptors (Lipinski definition) is 2. The molecule has 0 saturated heterocycles. The van der Waals surface area contributed by atoms with Crippen molar-refractivity contribution >= 4 is 39.0 Å². The SMILES string of the molecule is Cc1ccc(Br)c(C(=O)N(C)C(C)CC(N)=S)c1. The third-order valence-electron chi connectivity index (χ3n) is 2.83. The third-order valence-corrected chi connectivity index (χ3v) is 3.69. The van der Waals surface area contributed by atoms with E-state index in [0.29, 0.717) is 17.0 Å². The fourth-order valence-electron chi connectivity index (χ4n) is 1.62. The lowest BCUT2D eigenvalue weighted by Crippen LogP contribution is -2.37. The first-order valence-corrected chi connectivity index (χ1v) is 6.84. The van der Waals surface area contributed by atoms with Crippen molar-refractivity contribution in [3.8, 4) is 0 Å². The van der Waals surface area contributed by atoms with Crippen molar-refractivity contribution in [2.75, 3.05) is 7.05 Å². The molecule has 0 aliphatic rings. The number of amides is 1. The van der Waals surface area contributed by atoms with Crippen LogP contribution in [-0.4, -0.2) is 28.9 Å². The van der Waals surface area contributed by atoms with Gasteiger partial charge in [0.25, 0.3) is 5.91 Å². The Labute approximate surface area is 121 Å². The quantitative estimate of drug-likeness (QED) is 0.864. The minimum atomic E-state index is -0.0330. The molecule has 18 heavy (non-hydrogen) atoms. The van der Waals surface area contributed by atoms with Gasteiger partial charge < -0.3 is 10.6 Å². The molecule has 0 heterocycles. The first-order valence-electron chi connectivity index (χ1n) is 5.64. The van der Waals surface area contributed by atoms with Crippen LogP contribution in [0.3, 0.4) is 0 Å².